The molecule has 28 heavy (non-hydrogen) atoms. The molecule has 1 aromatic heterocycles. The molecule has 0 saturated carbocycles. The number of nitrogens with one attached hydrogen (secondary N) is 2. The molecule has 1 saturated heterocycles. The average Bonchev–Trinajstić information content (AvgIpc) is 3.17. The van der Waals surface area contributed by atoms with Crippen molar-refractivity contribution >= 4 is 33.0 Å². The Hall–Kier alpha value is -2.11. The summed E-state index contributed by atoms with van der Waals surface area (Å²) in [6.45, 7) is 0.771. The molecule has 1 amide bonds. The molecule has 11 heteroatoms. The molecule has 1 aromatic carbocycles. The van der Waals surface area contributed by atoms with Crippen LogP contribution < -0.4 is 10.9 Å². The Morgan fingerprint density at radius 3 is 2.43 bits per heavy atom. The van der Waals surface area contributed by atoms with Crippen molar-refractivity contribution in [1.82, 2.24) is 9.73 Å². The second kappa shape index (κ2) is 8.10. The molecule has 0 spiro atoms. The molecule has 6 nitrogen and oxygen atoms in total. The average molecular weight is 433 g/mol. The normalized spacial score (nSPS) is 16.0. The van der Waals surface area contributed by atoms with Crippen LogP contribution in [0.4, 0.5) is 18.9 Å². The van der Waals surface area contributed by atoms with Crippen molar-refractivity contribution in [2.24, 2.45) is 0 Å². The summed E-state index contributed by atoms with van der Waals surface area (Å²) in [7, 11) is -3.83. The summed E-state index contributed by atoms with van der Waals surface area (Å²) in [6.07, 6.45) is -2.15. The number of alkyl halides is 3. The van der Waals surface area contributed by atoms with Crippen molar-refractivity contribution in [3.8, 4) is 0 Å². The number of carbonyl (C=O) groups is 1. The summed E-state index contributed by atoms with van der Waals surface area (Å²) in [5, 5.41) is 1.47. The number of halogens is 3. The van der Waals surface area contributed by atoms with Crippen LogP contribution >= 0.6 is 11.3 Å². The minimum atomic E-state index is -4.60. The number of carbonyl (C=O) groups excluding carboxylic acids is 1. The number of thiophene rings is 1. The minimum Gasteiger partial charge on any atom is -0.298 e. The third kappa shape index (κ3) is 4.31. The minimum absolute atomic E-state index is 0.0810. The van der Waals surface area contributed by atoms with Crippen molar-refractivity contribution < 1.29 is 26.4 Å². The smallest absolute Gasteiger partial charge is 0.298 e. The van der Waals surface area contributed by atoms with Crippen LogP contribution in [0.1, 0.15) is 34.5 Å². The third-order valence-electron chi connectivity index (χ3n) is 4.31. The van der Waals surface area contributed by atoms with E-state index in [4.69, 9.17) is 0 Å². The van der Waals surface area contributed by atoms with Crippen LogP contribution in [0.3, 0.4) is 0 Å². The quantitative estimate of drug-likeness (QED) is 0.705. The van der Waals surface area contributed by atoms with Crippen LogP contribution in [0.15, 0.2) is 40.6 Å². The second-order valence-electron chi connectivity index (χ2n) is 6.20. The molecule has 0 aliphatic carbocycles. The van der Waals surface area contributed by atoms with Crippen molar-refractivity contribution in [1.29, 1.82) is 0 Å². The first-order valence-electron chi connectivity index (χ1n) is 8.51. The van der Waals surface area contributed by atoms with E-state index in [1.54, 1.807) is 0 Å². The molecule has 0 bridgehead atoms. The first-order valence-corrected chi connectivity index (χ1v) is 10.8. The zero-order valence-corrected chi connectivity index (χ0v) is 16.3. The summed E-state index contributed by atoms with van der Waals surface area (Å²) < 4.78 is 66.1. The van der Waals surface area contributed by atoms with E-state index < -0.39 is 27.7 Å². The molecule has 0 unspecified atom stereocenters. The maximum Gasteiger partial charge on any atom is 0.418 e. The van der Waals surface area contributed by atoms with Gasteiger partial charge in [-0.1, -0.05) is 18.6 Å². The van der Waals surface area contributed by atoms with Gasteiger partial charge in [0.2, 0.25) is 10.0 Å². The lowest BCUT2D eigenvalue weighted by molar-refractivity contribution is -0.137. The van der Waals surface area contributed by atoms with E-state index in [1.165, 1.54) is 34.0 Å². The Morgan fingerprint density at radius 1 is 1.07 bits per heavy atom. The Kier molecular flexibility index (Phi) is 5.96. The van der Waals surface area contributed by atoms with Gasteiger partial charge in [-0.05, 0) is 36.4 Å². The maximum absolute atomic E-state index is 13.0. The van der Waals surface area contributed by atoms with E-state index in [0.717, 1.165) is 36.7 Å². The van der Waals surface area contributed by atoms with Crippen molar-refractivity contribution in [3.05, 3.63) is 46.2 Å². The number of piperidine rings is 1. The van der Waals surface area contributed by atoms with E-state index >= 15 is 0 Å². The summed E-state index contributed by atoms with van der Waals surface area (Å²) in [6, 6.07) is 6.02. The molecular weight excluding hydrogens is 415 g/mol. The highest BCUT2D eigenvalue weighted by atomic mass is 32.2. The topological polar surface area (TPSA) is 78.5 Å². The molecule has 3 rings (SSSR count). The number of rotatable bonds is 5. The van der Waals surface area contributed by atoms with Gasteiger partial charge in [-0.15, -0.1) is 11.3 Å². The van der Waals surface area contributed by atoms with Crippen LogP contribution in [-0.4, -0.2) is 31.7 Å². The largest absolute Gasteiger partial charge is 0.418 e. The highest BCUT2D eigenvalue weighted by Crippen LogP contribution is 2.34. The van der Waals surface area contributed by atoms with Gasteiger partial charge in [0.15, 0.2) is 0 Å². The number of benzene rings is 1. The van der Waals surface area contributed by atoms with Gasteiger partial charge in [0.25, 0.3) is 5.91 Å². The van der Waals surface area contributed by atoms with E-state index in [-0.39, 0.29) is 15.5 Å². The summed E-state index contributed by atoms with van der Waals surface area (Å²) in [4.78, 5) is 12.2. The fraction of sp³-hybridized carbons (Fsp3) is 0.353. The lowest BCUT2D eigenvalue weighted by Gasteiger charge is -2.25. The standard InChI is InChI=1S/C17H18F3N3O3S2/c18-17(19,20)12-6-2-3-7-13(12)21-22-16(24)15-14(8-11-27-15)28(25,26)23-9-4-1-5-10-23/h2-3,6-8,11,21H,1,4-5,9-10H2,(H,22,24). The first kappa shape index (κ1) is 20.6. The Bertz CT molecular complexity index is 952. The first-order chi connectivity index (χ1) is 13.2. The van der Waals surface area contributed by atoms with Crippen LogP contribution in [0.25, 0.3) is 0 Å². The van der Waals surface area contributed by atoms with Gasteiger partial charge in [-0.2, -0.15) is 17.5 Å². The van der Waals surface area contributed by atoms with Gasteiger partial charge in [0.05, 0.1) is 11.3 Å². The molecule has 1 aliphatic rings. The lowest BCUT2D eigenvalue weighted by atomic mass is 10.2. The van der Waals surface area contributed by atoms with E-state index in [2.05, 4.69) is 10.9 Å². The highest BCUT2D eigenvalue weighted by Gasteiger charge is 2.34. The number of hydrogen-bond donors (Lipinski definition) is 2. The fourth-order valence-corrected chi connectivity index (χ4v) is 5.74. The Morgan fingerprint density at radius 2 is 1.75 bits per heavy atom. The van der Waals surface area contributed by atoms with Crippen molar-refractivity contribution in [2.45, 2.75) is 30.3 Å². The number of para-hydroxylation sites is 1. The van der Waals surface area contributed by atoms with Crippen molar-refractivity contribution in [3.63, 3.8) is 0 Å². The Balaban J connectivity index is 1.78. The molecule has 1 aliphatic heterocycles. The van der Waals surface area contributed by atoms with E-state index in [9.17, 15) is 26.4 Å². The number of sulfonamides is 1. The zero-order chi connectivity index (χ0) is 20.4. The second-order valence-corrected chi connectivity index (χ2v) is 9.02. The Labute approximate surface area is 164 Å². The maximum atomic E-state index is 13.0. The van der Waals surface area contributed by atoms with E-state index in [1.807, 2.05) is 0 Å². The highest BCUT2D eigenvalue weighted by molar-refractivity contribution is 7.89. The zero-order valence-electron chi connectivity index (χ0n) is 14.6. The van der Waals surface area contributed by atoms with Gasteiger partial charge in [0, 0.05) is 13.1 Å². The number of hydrazine groups is 1. The van der Waals surface area contributed by atoms with Gasteiger partial charge >= 0.3 is 6.18 Å². The van der Waals surface area contributed by atoms with Gasteiger partial charge < -0.3 is 0 Å². The van der Waals surface area contributed by atoms with Gasteiger partial charge in [-0.3, -0.25) is 15.6 Å². The molecule has 2 N–H and O–H groups in total. The summed E-state index contributed by atoms with van der Waals surface area (Å²) >= 11 is 0.913. The van der Waals surface area contributed by atoms with Crippen LogP contribution in [-0.2, 0) is 16.2 Å². The molecular formula is C17H18F3N3O3S2. The molecule has 0 radical (unpaired) electrons. The van der Waals surface area contributed by atoms with Gasteiger partial charge in [0.1, 0.15) is 9.77 Å². The van der Waals surface area contributed by atoms with Crippen LogP contribution in [0, 0.1) is 0 Å². The molecule has 1 fully saturated rings. The summed E-state index contributed by atoms with van der Waals surface area (Å²) in [5.41, 5.74) is 3.14. The third-order valence-corrected chi connectivity index (χ3v) is 7.29. The number of amides is 1. The van der Waals surface area contributed by atoms with E-state index in [0.29, 0.717) is 13.1 Å². The van der Waals surface area contributed by atoms with Gasteiger partial charge in [-0.25, -0.2) is 8.42 Å². The van der Waals surface area contributed by atoms with Crippen molar-refractivity contribution in [2.75, 3.05) is 18.5 Å². The molecule has 2 heterocycles. The van der Waals surface area contributed by atoms with Crippen LogP contribution in [0.5, 0.6) is 0 Å². The predicted octanol–water partition coefficient (Wildman–Crippen LogP) is 3.70. The SMILES string of the molecule is O=C(NNc1ccccc1C(F)(F)F)c1sccc1S(=O)(=O)N1CCCCC1. The summed E-state index contributed by atoms with van der Waals surface area (Å²) in [5.74, 6) is -0.817. The molecule has 2 aromatic rings. The number of nitrogens with zero attached hydrogens (tertiary/aromatic N) is 1. The lowest BCUT2D eigenvalue weighted by Crippen LogP contribution is -2.37. The monoisotopic (exact) mass is 433 g/mol. The molecule has 152 valence electrons. The fourth-order valence-electron chi connectivity index (χ4n) is 2.93. The predicted molar refractivity (Wildman–Crippen MR) is 99.5 cm³/mol. The molecule has 0 atom stereocenters. The number of anilines is 1. The van der Waals surface area contributed by atoms with Crippen LogP contribution in [0.2, 0.25) is 0 Å². The number of hydrogen-bond acceptors (Lipinski definition) is 5.